The molecule has 0 radical (unpaired) electrons. The molecule has 3 heteroatoms. The van der Waals surface area contributed by atoms with Crippen LogP contribution in [-0.2, 0) is 6.54 Å². The van der Waals surface area contributed by atoms with Gasteiger partial charge in [-0.15, -0.1) is 0 Å². The minimum Gasteiger partial charge on any atom is -0.313 e. The molecule has 1 nitrogen and oxygen atoms in total. The second kappa shape index (κ2) is 6.62. The summed E-state index contributed by atoms with van der Waals surface area (Å²) in [7, 11) is 0. The van der Waals surface area contributed by atoms with E-state index in [0.717, 1.165) is 35.7 Å². The maximum Gasteiger partial charge on any atom is 0.126 e. The number of hydrogen-bond acceptors (Lipinski definition) is 1. The van der Waals surface area contributed by atoms with E-state index in [1.807, 2.05) is 25.1 Å². The number of aryl methyl sites for hydroxylation is 1. The molecule has 106 valence electrons. The molecule has 0 atom stereocenters. The van der Waals surface area contributed by atoms with Gasteiger partial charge in [0.25, 0.3) is 0 Å². The highest BCUT2D eigenvalue weighted by atomic mass is 19.1. The molecule has 0 aliphatic carbocycles. The monoisotopic (exact) mass is 275 g/mol. The summed E-state index contributed by atoms with van der Waals surface area (Å²) in [6.45, 7) is 5.69. The molecule has 0 amide bonds. The first kappa shape index (κ1) is 14.7. The summed E-state index contributed by atoms with van der Waals surface area (Å²) in [4.78, 5) is 0. The smallest absolute Gasteiger partial charge is 0.126 e. The van der Waals surface area contributed by atoms with Crippen LogP contribution in [0.15, 0.2) is 36.4 Å². The van der Waals surface area contributed by atoms with E-state index in [2.05, 4.69) is 12.2 Å². The lowest BCUT2D eigenvalue weighted by Gasteiger charge is -2.12. The van der Waals surface area contributed by atoms with E-state index >= 15 is 0 Å². The summed E-state index contributed by atoms with van der Waals surface area (Å²) < 4.78 is 26.8. The van der Waals surface area contributed by atoms with Crippen molar-refractivity contribution in [2.45, 2.75) is 26.8 Å². The van der Waals surface area contributed by atoms with Gasteiger partial charge in [-0.1, -0.05) is 30.7 Å². The van der Waals surface area contributed by atoms with Crippen molar-refractivity contribution in [3.05, 3.63) is 59.2 Å². The Hall–Kier alpha value is -1.74. The molecule has 0 unspecified atom stereocenters. The summed E-state index contributed by atoms with van der Waals surface area (Å²) in [6.07, 6.45) is 1.05. The number of benzene rings is 2. The average Bonchev–Trinajstić information content (AvgIpc) is 2.39. The van der Waals surface area contributed by atoms with Crippen LogP contribution in [0.5, 0.6) is 0 Å². The molecule has 0 aliphatic rings. The van der Waals surface area contributed by atoms with Gasteiger partial charge in [0, 0.05) is 12.6 Å². The zero-order chi connectivity index (χ0) is 14.5. The molecule has 0 aliphatic heterocycles. The Labute approximate surface area is 118 Å². The predicted molar refractivity (Wildman–Crippen MR) is 78.5 cm³/mol. The van der Waals surface area contributed by atoms with Gasteiger partial charge in [0.05, 0.1) is 0 Å². The Bertz CT molecular complexity index is 573. The normalized spacial score (nSPS) is 10.8. The molecule has 2 aromatic carbocycles. The molecule has 2 aromatic rings. The van der Waals surface area contributed by atoms with Crippen LogP contribution in [0.25, 0.3) is 11.1 Å². The van der Waals surface area contributed by atoms with Crippen molar-refractivity contribution in [3.8, 4) is 11.1 Å². The summed E-state index contributed by atoms with van der Waals surface area (Å²) >= 11 is 0. The fourth-order valence-corrected chi connectivity index (χ4v) is 2.22. The van der Waals surface area contributed by atoms with Crippen LogP contribution in [0, 0.1) is 18.6 Å². The van der Waals surface area contributed by atoms with Crippen LogP contribution in [-0.4, -0.2) is 6.54 Å². The van der Waals surface area contributed by atoms with Gasteiger partial charge in [0.2, 0.25) is 0 Å². The lowest BCUT2D eigenvalue weighted by Crippen LogP contribution is -2.14. The van der Waals surface area contributed by atoms with Crippen LogP contribution < -0.4 is 5.32 Å². The van der Waals surface area contributed by atoms with Crippen molar-refractivity contribution in [2.24, 2.45) is 0 Å². The molecule has 0 saturated carbocycles. The first-order valence-electron chi connectivity index (χ1n) is 6.87. The van der Waals surface area contributed by atoms with Crippen molar-refractivity contribution in [1.82, 2.24) is 5.32 Å². The van der Waals surface area contributed by atoms with Crippen molar-refractivity contribution < 1.29 is 8.78 Å². The second-order valence-corrected chi connectivity index (χ2v) is 5.00. The molecular weight excluding hydrogens is 256 g/mol. The predicted octanol–water partition coefficient (Wildman–Crippen LogP) is 4.44. The molecule has 0 fully saturated rings. The van der Waals surface area contributed by atoms with Crippen molar-refractivity contribution in [1.29, 1.82) is 0 Å². The van der Waals surface area contributed by atoms with Gasteiger partial charge in [-0.25, -0.2) is 8.78 Å². The number of halogens is 2. The molecule has 20 heavy (non-hydrogen) atoms. The third-order valence-electron chi connectivity index (χ3n) is 3.18. The maximum absolute atomic E-state index is 13.4. The minimum atomic E-state index is -0.547. The Morgan fingerprint density at radius 1 is 1.00 bits per heavy atom. The highest BCUT2D eigenvalue weighted by molar-refractivity contribution is 5.68. The lowest BCUT2D eigenvalue weighted by molar-refractivity contribution is 0.584. The van der Waals surface area contributed by atoms with E-state index in [4.69, 9.17) is 0 Å². The summed E-state index contributed by atoms with van der Waals surface area (Å²) in [6, 6.07) is 9.64. The molecule has 1 N–H and O–H groups in total. The minimum absolute atomic E-state index is 0.547. The lowest BCUT2D eigenvalue weighted by atomic mass is 9.97. The van der Waals surface area contributed by atoms with Gasteiger partial charge in [-0.3, -0.25) is 0 Å². The Morgan fingerprint density at radius 2 is 1.70 bits per heavy atom. The largest absolute Gasteiger partial charge is 0.313 e. The van der Waals surface area contributed by atoms with Gasteiger partial charge in [-0.05, 0) is 48.7 Å². The molecule has 0 aromatic heterocycles. The maximum atomic E-state index is 13.4. The fourth-order valence-electron chi connectivity index (χ4n) is 2.22. The topological polar surface area (TPSA) is 12.0 Å². The Kier molecular flexibility index (Phi) is 4.85. The Balaban J connectivity index is 2.40. The standard InChI is InChI=1S/C17H19F2N/c1-3-6-20-11-13-5-4-12(2)7-17(13)14-8-15(18)10-16(19)9-14/h4-5,7-10,20H,3,6,11H2,1-2H3. The molecule has 0 heterocycles. The highest BCUT2D eigenvalue weighted by Gasteiger charge is 2.08. The molecule has 0 saturated heterocycles. The zero-order valence-corrected chi connectivity index (χ0v) is 11.8. The molecular formula is C17H19F2N. The number of nitrogens with one attached hydrogen (secondary N) is 1. The fraction of sp³-hybridized carbons (Fsp3) is 0.294. The zero-order valence-electron chi connectivity index (χ0n) is 11.8. The molecule has 2 rings (SSSR count). The van der Waals surface area contributed by atoms with E-state index in [9.17, 15) is 8.78 Å². The summed E-state index contributed by atoms with van der Waals surface area (Å²) in [5.74, 6) is -1.09. The quantitative estimate of drug-likeness (QED) is 0.795. The van der Waals surface area contributed by atoms with Crippen molar-refractivity contribution in [2.75, 3.05) is 6.54 Å². The average molecular weight is 275 g/mol. The van der Waals surface area contributed by atoms with Crippen molar-refractivity contribution >= 4 is 0 Å². The SMILES string of the molecule is CCCNCc1ccc(C)cc1-c1cc(F)cc(F)c1. The van der Waals surface area contributed by atoms with E-state index < -0.39 is 11.6 Å². The number of hydrogen-bond donors (Lipinski definition) is 1. The highest BCUT2D eigenvalue weighted by Crippen LogP contribution is 2.26. The summed E-state index contributed by atoms with van der Waals surface area (Å²) in [5.41, 5.74) is 3.59. The second-order valence-electron chi connectivity index (χ2n) is 5.00. The van der Waals surface area contributed by atoms with Gasteiger partial charge in [0.1, 0.15) is 11.6 Å². The molecule has 0 spiro atoms. The third kappa shape index (κ3) is 3.64. The van der Waals surface area contributed by atoms with Crippen LogP contribution in [0.1, 0.15) is 24.5 Å². The van der Waals surface area contributed by atoms with Gasteiger partial charge < -0.3 is 5.32 Å². The first-order chi connectivity index (χ1) is 9.60. The first-order valence-corrected chi connectivity index (χ1v) is 6.87. The van der Waals surface area contributed by atoms with Crippen LogP contribution in [0.3, 0.4) is 0 Å². The van der Waals surface area contributed by atoms with Crippen LogP contribution >= 0.6 is 0 Å². The van der Waals surface area contributed by atoms with E-state index in [1.165, 1.54) is 12.1 Å². The third-order valence-corrected chi connectivity index (χ3v) is 3.18. The summed E-state index contributed by atoms with van der Waals surface area (Å²) in [5, 5.41) is 3.32. The van der Waals surface area contributed by atoms with Gasteiger partial charge >= 0.3 is 0 Å². The van der Waals surface area contributed by atoms with Crippen LogP contribution in [0.2, 0.25) is 0 Å². The van der Waals surface area contributed by atoms with Crippen LogP contribution in [0.4, 0.5) is 8.78 Å². The van der Waals surface area contributed by atoms with Gasteiger partial charge in [-0.2, -0.15) is 0 Å². The van der Waals surface area contributed by atoms with Crippen molar-refractivity contribution in [3.63, 3.8) is 0 Å². The Morgan fingerprint density at radius 3 is 2.35 bits per heavy atom. The molecule has 0 bridgehead atoms. The van der Waals surface area contributed by atoms with Gasteiger partial charge in [0.15, 0.2) is 0 Å². The van der Waals surface area contributed by atoms with E-state index in [1.54, 1.807) is 0 Å². The van der Waals surface area contributed by atoms with E-state index in [-0.39, 0.29) is 0 Å². The number of rotatable bonds is 5. The van der Waals surface area contributed by atoms with E-state index in [0.29, 0.717) is 12.1 Å².